The number of hydrogen-bond donors (Lipinski definition) is 0. The summed E-state index contributed by atoms with van der Waals surface area (Å²) in [6.45, 7) is 0. The average Bonchev–Trinajstić information content (AvgIpc) is 2.05. The number of aromatic nitrogens is 1. The molecule has 0 amide bonds. The highest BCUT2D eigenvalue weighted by Crippen LogP contribution is 2.17. The molecule has 0 N–H and O–H groups in total. The zero-order valence-corrected chi connectivity index (χ0v) is 5.93. The third-order valence-corrected chi connectivity index (χ3v) is 2.00. The quantitative estimate of drug-likeness (QED) is 0.524. The van der Waals surface area contributed by atoms with Crippen LogP contribution in [0.15, 0.2) is 12.3 Å². The Bertz CT molecular complexity index is 205. The molecule has 0 saturated heterocycles. The molecule has 1 radical (unpaired) electrons. The maximum absolute atomic E-state index is 4.29. The molecule has 0 unspecified atom stereocenters. The van der Waals surface area contributed by atoms with E-state index in [0.29, 0.717) is 0 Å². The van der Waals surface area contributed by atoms with Crippen LogP contribution < -0.4 is 0 Å². The van der Waals surface area contributed by atoms with Crippen molar-refractivity contribution in [2.24, 2.45) is 0 Å². The molecular formula is C9H10N. The molecule has 10 heavy (non-hydrogen) atoms. The van der Waals surface area contributed by atoms with Gasteiger partial charge in [-0.15, -0.1) is 0 Å². The van der Waals surface area contributed by atoms with E-state index in [2.05, 4.69) is 11.1 Å². The summed E-state index contributed by atoms with van der Waals surface area (Å²) in [5, 5.41) is 0. The summed E-state index contributed by atoms with van der Waals surface area (Å²) in [6, 6.07) is 5.13. The van der Waals surface area contributed by atoms with Gasteiger partial charge in [0, 0.05) is 11.9 Å². The van der Waals surface area contributed by atoms with E-state index in [0.717, 1.165) is 6.42 Å². The third kappa shape index (κ3) is 0.919. The Morgan fingerprint density at radius 2 is 2.20 bits per heavy atom. The molecule has 0 atom stereocenters. The van der Waals surface area contributed by atoms with E-state index in [9.17, 15) is 0 Å². The Morgan fingerprint density at radius 1 is 1.30 bits per heavy atom. The smallest absolute Gasteiger partial charge is 0.0441 e. The summed E-state index contributed by atoms with van der Waals surface area (Å²) in [4.78, 5) is 4.29. The van der Waals surface area contributed by atoms with Gasteiger partial charge in [0.1, 0.15) is 0 Å². The maximum Gasteiger partial charge on any atom is 0.0441 e. The summed E-state index contributed by atoms with van der Waals surface area (Å²) < 4.78 is 0. The van der Waals surface area contributed by atoms with Gasteiger partial charge in [-0.1, -0.05) is 0 Å². The zero-order chi connectivity index (χ0) is 6.81. The topological polar surface area (TPSA) is 12.9 Å². The van der Waals surface area contributed by atoms with Crippen LogP contribution in [0.25, 0.3) is 0 Å². The summed E-state index contributed by atoms with van der Waals surface area (Å²) in [6.07, 6.45) is 6.80. The molecule has 1 aliphatic carbocycles. The average molecular weight is 132 g/mol. The number of aryl methyl sites for hydroxylation is 2. The van der Waals surface area contributed by atoms with E-state index in [1.807, 2.05) is 12.3 Å². The lowest BCUT2D eigenvalue weighted by Crippen LogP contribution is -2.03. The fourth-order valence-electron chi connectivity index (χ4n) is 1.45. The van der Waals surface area contributed by atoms with Crippen molar-refractivity contribution in [3.63, 3.8) is 0 Å². The van der Waals surface area contributed by atoms with E-state index >= 15 is 0 Å². The van der Waals surface area contributed by atoms with E-state index in [1.165, 1.54) is 30.5 Å². The highest BCUT2D eigenvalue weighted by molar-refractivity contribution is 5.20. The van der Waals surface area contributed by atoms with Crippen molar-refractivity contribution in [2.45, 2.75) is 25.7 Å². The Balaban J connectivity index is 2.41. The molecule has 0 aliphatic heterocycles. The molecule has 1 heteroatoms. The lowest BCUT2D eigenvalue weighted by molar-refractivity contribution is 0.667. The second kappa shape index (κ2) is 2.41. The minimum Gasteiger partial charge on any atom is -0.261 e. The first-order valence-corrected chi connectivity index (χ1v) is 3.81. The van der Waals surface area contributed by atoms with Gasteiger partial charge in [0.15, 0.2) is 0 Å². The summed E-state index contributed by atoms with van der Waals surface area (Å²) in [5.74, 6) is 0. The number of rotatable bonds is 0. The fraction of sp³-hybridized carbons (Fsp3) is 0.444. The van der Waals surface area contributed by atoms with Crippen LogP contribution in [0.2, 0.25) is 0 Å². The predicted molar refractivity (Wildman–Crippen MR) is 39.7 cm³/mol. The van der Waals surface area contributed by atoms with E-state index in [-0.39, 0.29) is 0 Å². The normalized spacial score (nSPS) is 16.4. The molecule has 0 bridgehead atoms. The summed E-state index contributed by atoms with van der Waals surface area (Å²) in [5.41, 5.74) is 2.61. The van der Waals surface area contributed by atoms with E-state index < -0.39 is 0 Å². The van der Waals surface area contributed by atoms with Gasteiger partial charge in [-0.2, -0.15) is 0 Å². The molecule has 1 heterocycles. The molecule has 1 aliphatic rings. The number of nitrogens with zero attached hydrogens (tertiary/aromatic N) is 1. The van der Waals surface area contributed by atoms with Crippen LogP contribution in [0.3, 0.4) is 0 Å². The lowest BCUT2D eigenvalue weighted by Gasteiger charge is -2.12. The maximum atomic E-state index is 4.29. The van der Waals surface area contributed by atoms with Crippen LogP contribution in [-0.2, 0) is 12.8 Å². The highest BCUT2D eigenvalue weighted by atomic mass is 14.7. The van der Waals surface area contributed by atoms with Crippen molar-refractivity contribution >= 4 is 0 Å². The van der Waals surface area contributed by atoms with Crippen molar-refractivity contribution in [1.82, 2.24) is 4.98 Å². The van der Waals surface area contributed by atoms with Gasteiger partial charge >= 0.3 is 0 Å². The van der Waals surface area contributed by atoms with E-state index in [1.54, 1.807) is 0 Å². The highest BCUT2D eigenvalue weighted by Gasteiger charge is 2.07. The number of hydrogen-bond acceptors (Lipinski definition) is 1. The first-order chi connectivity index (χ1) is 4.97. The zero-order valence-electron chi connectivity index (χ0n) is 5.93. The standard InChI is InChI=1S/C9H10N/c1-2-6-9-8(4-1)5-3-7-10-9/h3,7H,1-2,4,6H2. The first kappa shape index (κ1) is 5.90. The second-order valence-corrected chi connectivity index (χ2v) is 2.72. The largest absolute Gasteiger partial charge is 0.261 e. The minimum atomic E-state index is 1.16. The van der Waals surface area contributed by atoms with Crippen molar-refractivity contribution < 1.29 is 0 Å². The molecule has 1 aromatic rings. The number of fused-ring (bicyclic) bond motifs is 1. The molecule has 1 nitrogen and oxygen atoms in total. The van der Waals surface area contributed by atoms with Crippen molar-refractivity contribution in [1.29, 1.82) is 0 Å². The Kier molecular flexibility index (Phi) is 1.42. The lowest BCUT2D eigenvalue weighted by atomic mass is 9.96. The molecule has 2 rings (SSSR count). The van der Waals surface area contributed by atoms with Crippen LogP contribution in [-0.4, -0.2) is 4.98 Å². The second-order valence-electron chi connectivity index (χ2n) is 2.72. The fourth-order valence-corrected chi connectivity index (χ4v) is 1.45. The van der Waals surface area contributed by atoms with Gasteiger partial charge in [-0.05, 0) is 43.4 Å². The summed E-state index contributed by atoms with van der Waals surface area (Å²) in [7, 11) is 0. The van der Waals surface area contributed by atoms with Crippen LogP contribution in [0.4, 0.5) is 0 Å². The van der Waals surface area contributed by atoms with Gasteiger partial charge in [0.25, 0.3) is 0 Å². The van der Waals surface area contributed by atoms with Crippen LogP contribution in [0.1, 0.15) is 24.1 Å². The van der Waals surface area contributed by atoms with Crippen molar-refractivity contribution in [3.8, 4) is 0 Å². The monoisotopic (exact) mass is 132 g/mol. The van der Waals surface area contributed by atoms with E-state index in [4.69, 9.17) is 0 Å². The van der Waals surface area contributed by atoms with Crippen LogP contribution in [0, 0.1) is 6.07 Å². The third-order valence-electron chi connectivity index (χ3n) is 2.00. The SMILES string of the molecule is [c]1ccnc2c1CCCC2. The molecule has 0 spiro atoms. The Hall–Kier alpha value is -0.850. The predicted octanol–water partition coefficient (Wildman–Crippen LogP) is 1.76. The van der Waals surface area contributed by atoms with Crippen molar-refractivity contribution in [3.05, 3.63) is 29.6 Å². The molecule has 0 fully saturated rings. The van der Waals surface area contributed by atoms with Gasteiger partial charge in [-0.3, -0.25) is 4.98 Å². The van der Waals surface area contributed by atoms with Gasteiger partial charge < -0.3 is 0 Å². The van der Waals surface area contributed by atoms with Gasteiger partial charge in [-0.25, -0.2) is 0 Å². The van der Waals surface area contributed by atoms with Crippen LogP contribution in [0.5, 0.6) is 0 Å². The summed E-state index contributed by atoms with van der Waals surface area (Å²) >= 11 is 0. The molecular weight excluding hydrogens is 122 g/mol. The molecule has 0 saturated carbocycles. The number of pyridine rings is 1. The Labute approximate surface area is 61.1 Å². The minimum absolute atomic E-state index is 1.16. The molecule has 1 aromatic heterocycles. The Morgan fingerprint density at radius 3 is 3.10 bits per heavy atom. The van der Waals surface area contributed by atoms with Crippen LogP contribution >= 0.6 is 0 Å². The molecule has 51 valence electrons. The van der Waals surface area contributed by atoms with Gasteiger partial charge in [0.2, 0.25) is 0 Å². The van der Waals surface area contributed by atoms with Gasteiger partial charge in [0.05, 0.1) is 0 Å². The first-order valence-electron chi connectivity index (χ1n) is 3.81. The van der Waals surface area contributed by atoms with Crippen molar-refractivity contribution in [2.75, 3.05) is 0 Å². The molecule has 0 aromatic carbocycles.